The summed E-state index contributed by atoms with van der Waals surface area (Å²) in [6.45, 7) is 2.45. The Balaban J connectivity index is 2.18. The molecule has 0 saturated heterocycles. The molecule has 0 radical (unpaired) electrons. The van der Waals surface area contributed by atoms with Crippen LogP contribution < -0.4 is 15.8 Å². The van der Waals surface area contributed by atoms with E-state index in [2.05, 4.69) is 5.32 Å². The molecule has 0 aliphatic heterocycles. The minimum absolute atomic E-state index is 0.300. The zero-order chi connectivity index (χ0) is 14.5. The molecule has 2 aromatic rings. The summed E-state index contributed by atoms with van der Waals surface area (Å²) >= 11 is 5.98. The van der Waals surface area contributed by atoms with Crippen molar-refractivity contribution in [1.82, 2.24) is 0 Å². The Bertz CT molecular complexity index is 629. The number of carbonyl (C=O) groups excluding carboxylic acids is 1. The number of ether oxygens (including phenoxy) is 1. The molecule has 1 amide bonds. The number of hydrogen-bond donors (Lipinski definition) is 2. The third-order valence-electron chi connectivity index (χ3n) is 2.70. The zero-order valence-electron chi connectivity index (χ0n) is 11.0. The summed E-state index contributed by atoms with van der Waals surface area (Å²) in [4.78, 5) is 12.1. The molecule has 2 aromatic carbocycles. The second-order valence-electron chi connectivity index (χ2n) is 4.12. The standard InChI is InChI=1S/C15H15ClN2O2/c1-2-20-10-7-8-14(13(17)9-10)18-15(19)11-5-3-4-6-12(11)16/h3-9H,2,17H2,1H3,(H,18,19). The highest BCUT2D eigenvalue weighted by Crippen LogP contribution is 2.25. The minimum atomic E-state index is -0.300. The van der Waals surface area contributed by atoms with Gasteiger partial charge < -0.3 is 15.8 Å². The van der Waals surface area contributed by atoms with E-state index < -0.39 is 0 Å². The van der Waals surface area contributed by atoms with E-state index in [1.54, 1.807) is 42.5 Å². The molecular formula is C15H15ClN2O2. The number of carbonyl (C=O) groups is 1. The summed E-state index contributed by atoms with van der Waals surface area (Å²) in [6, 6.07) is 12.0. The average Bonchev–Trinajstić information content (AvgIpc) is 2.42. The van der Waals surface area contributed by atoms with Crippen LogP contribution in [0.25, 0.3) is 0 Å². The van der Waals surface area contributed by atoms with E-state index in [9.17, 15) is 4.79 Å². The Kier molecular flexibility index (Phi) is 4.48. The van der Waals surface area contributed by atoms with Gasteiger partial charge in [0.2, 0.25) is 0 Å². The molecule has 0 bridgehead atoms. The maximum Gasteiger partial charge on any atom is 0.257 e. The normalized spacial score (nSPS) is 10.1. The third-order valence-corrected chi connectivity index (χ3v) is 3.03. The van der Waals surface area contributed by atoms with E-state index in [1.807, 2.05) is 6.92 Å². The Morgan fingerprint density at radius 3 is 2.70 bits per heavy atom. The highest BCUT2D eigenvalue weighted by molar-refractivity contribution is 6.34. The van der Waals surface area contributed by atoms with Crippen LogP contribution in [0, 0.1) is 0 Å². The van der Waals surface area contributed by atoms with E-state index >= 15 is 0 Å². The molecule has 0 saturated carbocycles. The minimum Gasteiger partial charge on any atom is -0.494 e. The molecule has 104 valence electrons. The van der Waals surface area contributed by atoms with Gasteiger partial charge in [0.25, 0.3) is 5.91 Å². The lowest BCUT2D eigenvalue weighted by molar-refractivity contribution is 0.102. The first kappa shape index (κ1) is 14.2. The average molecular weight is 291 g/mol. The largest absolute Gasteiger partial charge is 0.494 e. The van der Waals surface area contributed by atoms with Crippen molar-refractivity contribution in [3.8, 4) is 5.75 Å². The number of benzene rings is 2. The topological polar surface area (TPSA) is 64.3 Å². The summed E-state index contributed by atoms with van der Waals surface area (Å²) in [5.41, 5.74) is 7.26. The van der Waals surface area contributed by atoms with Crippen LogP contribution in [0.1, 0.15) is 17.3 Å². The summed E-state index contributed by atoms with van der Waals surface area (Å²) < 4.78 is 5.34. The van der Waals surface area contributed by atoms with E-state index in [4.69, 9.17) is 22.1 Å². The van der Waals surface area contributed by atoms with Gasteiger partial charge in [0, 0.05) is 6.07 Å². The Morgan fingerprint density at radius 2 is 2.05 bits per heavy atom. The highest BCUT2D eigenvalue weighted by atomic mass is 35.5. The lowest BCUT2D eigenvalue weighted by atomic mass is 10.2. The maximum absolute atomic E-state index is 12.1. The summed E-state index contributed by atoms with van der Waals surface area (Å²) in [6.07, 6.45) is 0. The van der Waals surface area contributed by atoms with Gasteiger partial charge in [-0.1, -0.05) is 23.7 Å². The first-order valence-electron chi connectivity index (χ1n) is 6.20. The molecule has 2 rings (SSSR count). The van der Waals surface area contributed by atoms with Crippen molar-refractivity contribution in [2.75, 3.05) is 17.7 Å². The van der Waals surface area contributed by atoms with E-state index in [0.29, 0.717) is 34.3 Å². The maximum atomic E-state index is 12.1. The van der Waals surface area contributed by atoms with Crippen LogP contribution in [-0.2, 0) is 0 Å². The van der Waals surface area contributed by atoms with Gasteiger partial charge in [-0.15, -0.1) is 0 Å². The molecule has 0 spiro atoms. The Labute approximate surface area is 122 Å². The number of amides is 1. The van der Waals surface area contributed by atoms with Crippen LogP contribution in [0.3, 0.4) is 0 Å². The van der Waals surface area contributed by atoms with Gasteiger partial charge in [0.15, 0.2) is 0 Å². The van der Waals surface area contributed by atoms with Crippen LogP contribution in [0.15, 0.2) is 42.5 Å². The number of nitrogens with one attached hydrogen (secondary N) is 1. The fourth-order valence-electron chi connectivity index (χ4n) is 1.75. The summed E-state index contributed by atoms with van der Waals surface area (Å²) in [5, 5.41) is 3.13. The molecule has 0 unspecified atom stereocenters. The number of anilines is 2. The van der Waals surface area contributed by atoms with Crippen LogP contribution in [-0.4, -0.2) is 12.5 Å². The molecule has 0 aliphatic carbocycles. The van der Waals surface area contributed by atoms with E-state index in [0.717, 1.165) is 0 Å². The first-order valence-corrected chi connectivity index (χ1v) is 6.58. The fourth-order valence-corrected chi connectivity index (χ4v) is 1.97. The molecule has 0 atom stereocenters. The van der Waals surface area contributed by atoms with Gasteiger partial charge >= 0.3 is 0 Å². The zero-order valence-corrected chi connectivity index (χ0v) is 11.8. The lowest BCUT2D eigenvalue weighted by Gasteiger charge is -2.11. The number of rotatable bonds is 4. The van der Waals surface area contributed by atoms with Crippen molar-refractivity contribution in [3.05, 3.63) is 53.1 Å². The monoisotopic (exact) mass is 290 g/mol. The quantitative estimate of drug-likeness (QED) is 0.846. The SMILES string of the molecule is CCOc1ccc(NC(=O)c2ccccc2Cl)c(N)c1. The van der Waals surface area contributed by atoms with Gasteiger partial charge in [-0.3, -0.25) is 4.79 Å². The number of hydrogen-bond acceptors (Lipinski definition) is 3. The van der Waals surface area contributed by atoms with Crippen molar-refractivity contribution in [3.63, 3.8) is 0 Å². The molecule has 0 heterocycles. The predicted octanol–water partition coefficient (Wildman–Crippen LogP) is 3.57. The van der Waals surface area contributed by atoms with Crippen molar-refractivity contribution >= 4 is 28.9 Å². The Morgan fingerprint density at radius 1 is 1.30 bits per heavy atom. The van der Waals surface area contributed by atoms with Crippen molar-refractivity contribution < 1.29 is 9.53 Å². The molecule has 3 N–H and O–H groups in total. The molecule has 0 fully saturated rings. The fraction of sp³-hybridized carbons (Fsp3) is 0.133. The lowest BCUT2D eigenvalue weighted by Crippen LogP contribution is -2.13. The van der Waals surface area contributed by atoms with Crippen LogP contribution in [0.5, 0.6) is 5.75 Å². The van der Waals surface area contributed by atoms with Gasteiger partial charge in [-0.05, 0) is 31.2 Å². The van der Waals surface area contributed by atoms with Crippen LogP contribution in [0.2, 0.25) is 5.02 Å². The van der Waals surface area contributed by atoms with Crippen molar-refractivity contribution in [2.45, 2.75) is 6.92 Å². The highest BCUT2D eigenvalue weighted by Gasteiger charge is 2.11. The predicted molar refractivity (Wildman–Crippen MR) is 81.4 cm³/mol. The van der Waals surface area contributed by atoms with Gasteiger partial charge in [-0.2, -0.15) is 0 Å². The summed E-state index contributed by atoms with van der Waals surface area (Å²) in [7, 11) is 0. The van der Waals surface area contributed by atoms with E-state index in [1.165, 1.54) is 0 Å². The number of nitrogen functional groups attached to an aromatic ring is 1. The number of nitrogens with two attached hydrogens (primary N) is 1. The van der Waals surface area contributed by atoms with Crippen molar-refractivity contribution in [1.29, 1.82) is 0 Å². The summed E-state index contributed by atoms with van der Waals surface area (Å²) in [5.74, 6) is 0.368. The van der Waals surface area contributed by atoms with Gasteiger partial charge in [-0.25, -0.2) is 0 Å². The Hall–Kier alpha value is -2.20. The first-order chi connectivity index (χ1) is 9.61. The van der Waals surface area contributed by atoms with Crippen LogP contribution >= 0.6 is 11.6 Å². The molecule has 5 heteroatoms. The second kappa shape index (κ2) is 6.30. The van der Waals surface area contributed by atoms with Gasteiger partial charge in [0.1, 0.15) is 5.75 Å². The molecular weight excluding hydrogens is 276 g/mol. The van der Waals surface area contributed by atoms with Crippen LogP contribution in [0.4, 0.5) is 11.4 Å². The smallest absolute Gasteiger partial charge is 0.257 e. The second-order valence-corrected chi connectivity index (χ2v) is 4.52. The van der Waals surface area contributed by atoms with E-state index in [-0.39, 0.29) is 5.91 Å². The molecule has 20 heavy (non-hydrogen) atoms. The van der Waals surface area contributed by atoms with Gasteiger partial charge in [0.05, 0.1) is 28.6 Å². The number of halogens is 1. The third kappa shape index (κ3) is 3.22. The van der Waals surface area contributed by atoms with Crippen molar-refractivity contribution in [2.24, 2.45) is 0 Å². The molecule has 0 aliphatic rings. The molecule has 4 nitrogen and oxygen atoms in total. The molecule has 0 aromatic heterocycles.